The normalized spacial score (nSPS) is 10.6. The van der Waals surface area contributed by atoms with Crippen LogP contribution in [-0.4, -0.2) is 16.8 Å². The number of para-hydroxylation sites is 1. The third kappa shape index (κ3) is 3.20. The number of aromatic nitrogens is 1. The number of rotatable bonds is 3. The Bertz CT molecular complexity index is 840. The molecule has 0 aliphatic heterocycles. The van der Waals surface area contributed by atoms with E-state index in [9.17, 15) is 9.59 Å². The maximum Gasteiger partial charge on any atom is 0.270 e. The first-order chi connectivity index (χ1) is 10.6. The maximum atomic E-state index is 11.9. The summed E-state index contributed by atoms with van der Waals surface area (Å²) in [4.78, 5) is 26.9. The lowest BCUT2D eigenvalue weighted by Crippen LogP contribution is -2.42. The largest absolute Gasteiger partial charge is 0.361 e. The second-order valence-electron chi connectivity index (χ2n) is 4.68. The van der Waals surface area contributed by atoms with E-state index in [0.29, 0.717) is 5.56 Å². The summed E-state index contributed by atoms with van der Waals surface area (Å²) < 4.78 is 0.864. The molecule has 112 valence electrons. The summed E-state index contributed by atoms with van der Waals surface area (Å²) in [6.45, 7) is 0. The van der Waals surface area contributed by atoms with Crippen LogP contribution in [0.3, 0.4) is 0 Å². The van der Waals surface area contributed by atoms with Crippen molar-refractivity contribution in [1.82, 2.24) is 15.8 Å². The van der Waals surface area contributed by atoms with Gasteiger partial charge in [-0.2, -0.15) is 0 Å². The molecule has 3 N–H and O–H groups in total. The van der Waals surface area contributed by atoms with Crippen LogP contribution in [0.2, 0.25) is 0 Å². The van der Waals surface area contributed by atoms with E-state index in [4.69, 9.17) is 0 Å². The van der Waals surface area contributed by atoms with Gasteiger partial charge in [0.05, 0.1) is 15.8 Å². The fourth-order valence-corrected chi connectivity index (χ4v) is 3.26. The second kappa shape index (κ2) is 6.33. The van der Waals surface area contributed by atoms with Gasteiger partial charge in [0.25, 0.3) is 5.91 Å². The molecule has 22 heavy (non-hydrogen) atoms. The van der Waals surface area contributed by atoms with Gasteiger partial charge in [0, 0.05) is 22.5 Å². The maximum absolute atomic E-state index is 11.9. The summed E-state index contributed by atoms with van der Waals surface area (Å²) in [6.07, 6.45) is 2.00. The third-order valence-corrected chi connectivity index (χ3v) is 4.68. The summed E-state index contributed by atoms with van der Waals surface area (Å²) >= 11 is 4.70. The lowest BCUT2D eigenvalue weighted by atomic mass is 10.1. The molecule has 0 fully saturated rings. The van der Waals surface area contributed by atoms with Gasteiger partial charge in [-0.25, -0.2) is 0 Å². The van der Waals surface area contributed by atoms with Crippen LogP contribution in [0.25, 0.3) is 10.9 Å². The fourth-order valence-electron chi connectivity index (χ4n) is 2.12. The molecule has 7 heteroatoms. The van der Waals surface area contributed by atoms with Gasteiger partial charge in [0.2, 0.25) is 5.91 Å². The Morgan fingerprint density at radius 1 is 1.23 bits per heavy atom. The van der Waals surface area contributed by atoms with Gasteiger partial charge in [-0.3, -0.25) is 20.4 Å². The van der Waals surface area contributed by atoms with Gasteiger partial charge in [0.1, 0.15) is 0 Å². The van der Waals surface area contributed by atoms with E-state index < -0.39 is 0 Å². The Hall–Kier alpha value is -2.12. The van der Waals surface area contributed by atoms with E-state index in [2.05, 4.69) is 31.8 Å². The number of amides is 2. The molecule has 0 unspecified atom stereocenters. The van der Waals surface area contributed by atoms with Crippen molar-refractivity contribution in [3.05, 3.63) is 56.8 Å². The third-order valence-electron chi connectivity index (χ3n) is 3.17. The Labute approximate surface area is 138 Å². The lowest BCUT2D eigenvalue weighted by molar-refractivity contribution is -0.121. The fraction of sp³-hybridized carbons (Fsp3) is 0.0667. The zero-order chi connectivity index (χ0) is 15.5. The summed E-state index contributed by atoms with van der Waals surface area (Å²) in [5.41, 5.74) is 7.22. The number of hydrogen-bond donors (Lipinski definition) is 3. The van der Waals surface area contributed by atoms with Crippen molar-refractivity contribution in [2.24, 2.45) is 0 Å². The van der Waals surface area contributed by atoms with Gasteiger partial charge in [-0.1, -0.05) is 18.2 Å². The molecule has 0 radical (unpaired) electrons. The van der Waals surface area contributed by atoms with Crippen LogP contribution in [0.15, 0.2) is 45.7 Å². The molecule has 2 heterocycles. The van der Waals surface area contributed by atoms with Gasteiger partial charge < -0.3 is 4.98 Å². The highest BCUT2D eigenvalue weighted by molar-refractivity contribution is 9.11. The molecule has 0 spiro atoms. The van der Waals surface area contributed by atoms with E-state index in [1.54, 1.807) is 11.4 Å². The van der Waals surface area contributed by atoms with Crippen molar-refractivity contribution >= 4 is 50.0 Å². The van der Waals surface area contributed by atoms with Crippen LogP contribution in [0.5, 0.6) is 0 Å². The Balaban J connectivity index is 1.60. The van der Waals surface area contributed by atoms with Crippen LogP contribution in [0, 0.1) is 0 Å². The van der Waals surface area contributed by atoms with Crippen molar-refractivity contribution in [3.8, 4) is 0 Å². The summed E-state index contributed by atoms with van der Waals surface area (Å²) in [5.74, 6) is -0.610. The monoisotopic (exact) mass is 377 g/mol. The number of carbonyl (C=O) groups excluding carboxylic acids is 2. The molecular weight excluding hydrogens is 366 g/mol. The van der Waals surface area contributed by atoms with Crippen molar-refractivity contribution in [3.63, 3.8) is 0 Å². The number of aromatic amines is 1. The van der Waals surface area contributed by atoms with Crippen molar-refractivity contribution in [2.75, 3.05) is 0 Å². The second-order valence-corrected chi connectivity index (χ2v) is 6.97. The SMILES string of the molecule is O=C(Cc1c[nH]c2ccccc12)NNC(=O)c1csc(Br)c1. The molecule has 0 saturated carbocycles. The van der Waals surface area contributed by atoms with Crippen LogP contribution < -0.4 is 10.9 Å². The van der Waals surface area contributed by atoms with Crippen molar-refractivity contribution < 1.29 is 9.59 Å². The number of H-pyrrole nitrogens is 1. The number of thiophene rings is 1. The molecule has 1 aromatic carbocycles. The number of carbonyl (C=O) groups is 2. The average molecular weight is 378 g/mol. The first kappa shape index (κ1) is 14.8. The van der Waals surface area contributed by atoms with Crippen LogP contribution in [-0.2, 0) is 11.2 Å². The summed E-state index contributed by atoms with van der Waals surface area (Å²) in [6, 6.07) is 9.46. The zero-order valence-electron chi connectivity index (χ0n) is 11.4. The van der Waals surface area contributed by atoms with E-state index in [0.717, 1.165) is 20.3 Å². The van der Waals surface area contributed by atoms with E-state index in [-0.39, 0.29) is 18.2 Å². The van der Waals surface area contributed by atoms with E-state index >= 15 is 0 Å². The number of halogens is 1. The van der Waals surface area contributed by atoms with Crippen LogP contribution in [0.1, 0.15) is 15.9 Å². The molecule has 0 aliphatic rings. The van der Waals surface area contributed by atoms with Gasteiger partial charge in [-0.15, -0.1) is 11.3 Å². The minimum atomic E-state index is -0.339. The zero-order valence-corrected chi connectivity index (χ0v) is 13.8. The van der Waals surface area contributed by atoms with Crippen LogP contribution >= 0.6 is 27.3 Å². The molecule has 5 nitrogen and oxygen atoms in total. The predicted molar refractivity (Wildman–Crippen MR) is 89.6 cm³/mol. The first-order valence-electron chi connectivity index (χ1n) is 6.51. The smallest absolute Gasteiger partial charge is 0.270 e. The highest BCUT2D eigenvalue weighted by atomic mass is 79.9. The molecule has 3 aromatic rings. The summed E-state index contributed by atoms with van der Waals surface area (Å²) in [7, 11) is 0. The number of fused-ring (bicyclic) bond motifs is 1. The Morgan fingerprint density at radius 3 is 2.82 bits per heavy atom. The molecule has 0 atom stereocenters. The van der Waals surface area contributed by atoms with Gasteiger partial charge in [0.15, 0.2) is 0 Å². The predicted octanol–water partition coefficient (Wildman–Crippen LogP) is 3.00. The van der Waals surface area contributed by atoms with Gasteiger partial charge in [-0.05, 0) is 33.6 Å². The van der Waals surface area contributed by atoms with E-state index in [1.165, 1.54) is 11.3 Å². The number of hydrazine groups is 1. The highest BCUT2D eigenvalue weighted by Gasteiger charge is 2.11. The van der Waals surface area contributed by atoms with Crippen LogP contribution in [0.4, 0.5) is 0 Å². The molecule has 2 aromatic heterocycles. The molecular formula is C15H12BrN3O2S. The number of nitrogens with one attached hydrogen (secondary N) is 3. The summed E-state index contributed by atoms with van der Waals surface area (Å²) in [5, 5.41) is 2.72. The Morgan fingerprint density at radius 2 is 2.05 bits per heavy atom. The minimum absolute atomic E-state index is 0.192. The molecule has 0 aliphatic carbocycles. The molecule has 3 rings (SSSR count). The van der Waals surface area contributed by atoms with Gasteiger partial charge >= 0.3 is 0 Å². The lowest BCUT2D eigenvalue weighted by Gasteiger charge is -2.06. The first-order valence-corrected chi connectivity index (χ1v) is 8.19. The quantitative estimate of drug-likeness (QED) is 0.613. The molecule has 0 bridgehead atoms. The van der Waals surface area contributed by atoms with Crippen molar-refractivity contribution in [1.29, 1.82) is 0 Å². The number of benzene rings is 1. The minimum Gasteiger partial charge on any atom is -0.361 e. The molecule has 0 saturated heterocycles. The molecule has 2 amide bonds. The van der Waals surface area contributed by atoms with Crippen molar-refractivity contribution in [2.45, 2.75) is 6.42 Å². The van der Waals surface area contributed by atoms with E-state index in [1.807, 2.05) is 30.5 Å². The number of hydrogen-bond acceptors (Lipinski definition) is 3. The standard InChI is InChI=1S/C15H12BrN3O2S/c16-13-5-10(8-22-13)15(21)19-18-14(20)6-9-7-17-12-4-2-1-3-11(9)12/h1-5,7-8,17H,6H2,(H,18,20)(H,19,21). The highest BCUT2D eigenvalue weighted by Crippen LogP contribution is 2.20. The Kier molecular flexibility index (Phi) is 4.26. The topological polar surface area (TPSA) is 74.0 Å². The average Bonchev–Trinajstić information content (AvgIpc) is 3.12.